The molecule has 0 N–H and O–H groups in total. The summed E-state index contributed by atoms with van der Waals surface area (Å²) in [5, 5.41) is 1.57. The molecule has 1 aromatic carbocycles. The van der Waals surface area contributed by atoms with Crippen LogP contribution in [0.25, 0.3) is 10.2 Å². The number of benzene rings is 1. The van der Waals surface area contributed by atoms with Crippen LogP contribution >= 0.6 is 34.5 Å². The van der Waals surface area contributed by atoms with E-state index < -0.39 is 0 Å². The van der Waals surface area contributed by atoms with Crippen LogP contribution in [0.1, 0.15) is 21.8 Å². The zero-order valence-corrected chi connectivity index (χ0v) is 14.8. The molecule has 2 aromatic heterocycles. The molecular formula is C17H15Cl2N3S. The molecular weight excluding hydrogens is 349 g/mol. The van der Waals surface area contributed by atoms with Gasteiger partial charge in [-0.15, -0.1) is 22.9 Å². The predicted octanol–water partition coefficient (Wildman–Crippen LogP) is 4.64. The van der Waals surface area contributed by atoms with E-state index in [2.05, 4.69) is 45.2 Å². The zero-order valence-electron chi connectivity index (χ0n) is 12.4. The average Bonchev–Trinajstić information content (AvgIpc) is 2.93. The van der Waals surface area contributed by atoms with Crippen molar-refractivity contribution in [3.05, 3.63) is 57.3 Å². The Balaban J connectivity index is 1.65. The first-order valence-electron chi connectivity index (χ1n) is 7.53. The molecule has 3 heterocycles. The van der Waals surface area contributed by atoms with E-state index in [9.17, 15) is 0 Å². The van der Waals surface area contributed by atoms with Gasteiger partial charge in [0.1, 0.15) is 15.8 Å². The van der Waals surface area contributed by atoms with E-state index in [0.717, 1.165) is 36.3 Å². The summed E-state index contributed by atoms with van der Waals surface area (Å²) < 4.78 is 0. The topological polar surface area (TPSA) is 29.0 Å². The van der Waals surface area contributed by atoms with Gasteiger partial charge in [-0.1, -0.05) is 41.9 Å². The van der Waals surface area contributed by atoms with Crippen LogP contribution in [0.2, 0.25) is 5.15 Å². The molecule has 0 unspecified atom stereocenters. The highest BCUT2D eigenvalue weighted by Crippen LogP contribution is 2.37. The quantitative estimate of drug-likeness (QED) is 0.501. The molecule has 1 aliphatic heterocycles. The van der Waals surface area contributed by atoms with Crippen molar-refractivity contribution in [2.24, 2.45) is 0 Å². The molecule has 4 rings (SSSR count). The minimum absolute atomic E-state index is 0.290. The van der Waals surface area contributed by atoms with Crippen LogP contribution in [0.3, 0.4) is 0 Å². The van der Waals surface area contributed by atoms with Gasteiger partial charge in [-0.3, -0.25) is 4.90 Å². The summed E-state index contributed by atoms with van der Waals surface area (Å²) in [6.07, 6.45) is 0.992. The van der Waals surface area contributed by atoms with Gasteiger partial charge in [0.25, 0.3) is 0 Å². The lowest BCUT2D eigenvalue weighted by Crippen LogP contribution is -2.29. The molecule has 3 nitrogen and oxygen atoms in total. The highest BCUT2D eigenvalue weighted by Gasteiger charge is 2.24. The fourth-order valence-electron chi connectivity index (χ4n) is 3.08. The number of nitrogens with zero attached hydrogens (tertiary/aromatic N) is 3. The van der Waals surface area contributed by atoms with Gasteiger partial charge in [-0.05, 0) is 17.5 Å². The first kappa shape index (κ1) is 15.3. The Bertz CT molecular complexity index is 848. The third-order valence-corrected chi connectivity index (χ3v) is 5.77. The molecule has 0 bridgehead atoms. The Kier molecular flexibility index (Phi) is 4.24. The third kappa shape index (κ3) is 2.96. The number of fused-ring (bicyclic) bond motifs is 3. The Hall–Kier alpha value is -1.20. The van der Waals surface area contributed by atoms with Crippen LogP contribution in [-0.4, -0.2) is 21.4 Å². The predicted molar refractivity (Wildman–Crippen MR) is 96.2 cm³/mol. The molecule has 23 heavy (non-hydrogen) atoms. The molecule has 0 spiro atoms. The van der Waals surface area contributed by atoms with Gasteiger partial charge in [0, 0.05) is 24.5 Å². The zero-order chi connectivity index (χ0) is 15.8. The Morgan fingerprint density at radius 3 is 2.78 bits per heavy atom. The van der Waals surface area contributed by atoms with E-state index in [0.29, 0.717) is 16.9 Å². The fraction of sp³-hybridized carbons (Fsp3) is 0.294. The van der Waals surface area contributed by atoms with E-state index >= 15 is 0 Å². The van der Waals surface area contributed by atoms with E-state index in [4.69, 9.17) is 23.2 Å². The summed E-state index contributed by atoms with van der Waals surface area (Å²) in [7, 11) is 0. The number of thiophene rings is 1. The van der Waals surface area contributed by atoms with Crippen LogP contribution in [0.4, 0.5) is 0 Å². The highest BCUT2D eigenvalue weighted by molar-refractivity contribution is 7.19. The molecule has 0 atom stereocenters. The van der Waals surface area contributed by atoms with E-state index in [1.54, 1.807) is 11.3 Å². The maximum atomic E-state index is 6.37. The second-order valence-electron chi connectivity index (χ2n) is 5.69. The summed E-state index contributed by atoms with van der Waals surface area (Å²) in [6, 6.07) is 10.6. The lowest BCUT2D eigenvalue weighted by Gasteiger charge is -2.26. The van der Waals surface area contributed by atoms with Gasteiger partial charge in [-0.25, -0.2) is 9.97 Å². The molecule has 0 saturated carbocycles. The number of rotatable bonds is 3. The average molecular weight is 364 g/mol. The first-order chi connectivity index (χ1) is 11.2. The monoisotopic (exact) mass is 363 g/mol. The second-order valence-corrected chi connectivity index (χ2v) is 7.40. The van der Waals surface area contributed by atoms with E-state index in [-0.39, 0.29) is 0 Å². The normalized spacial score (nSPS) is 15.0. The maximum absolute atomic E-state index is 6.37. The van der Waals surface area contributed by atoms with Gasteiger partial charge in [0.05, 0.1) is 11.3 Å². The Labute approximate surface area is 148 Å². The van der Waals surface area contributed by atoms with Crippen molar-refractivity contribution in [1.29, 1.82) is 0 Å². The highest BCUT2D eigenvalue weighted by atomic mass is 35.5. The Morgan fingerprint density at radius 1 is 1.17 bits per heavy atom. The van der Waals surface area contributed by atoms with Gasteiger partial charge >= 0.3 is 0 Å². The van der Waals surface area contributed by atoms with Crippen molar-refractivity contribution in [2.45, 2.75) is 25.4 Å². The molecule has 0 amide bonds. The Morgan fingerprint density at radius 2 is 2.00 bits per heavy atom. The molecule has 1 aliphatic rings. The fourth-order valence-corrected chi connectivity index (χ4v) is 4.84. The number of aromatic nitrogens is 2. The lowest BCUT2D eigenvalue weighted by atomic mass is 10.0. The summed E-state index contributed by atoms with van der Waals surface area (Å²) in [6.45, 7) is 2.94. The molecule has 6 heteroatoms. The van der Waals surface area contributed by atoms with Crippen molar-refractivity contribution in [3.8, 4) is 0 Å². The van der Waals surface area contributed by atoms with Crippen molar-refractivity contribution >= 4 is 44.8 Å². The molecule has 3 aromatic rings. The first-order valence-corrected chi connectivity index (χ1v) is 9.26. The largest absolute Gasteiger partial charge is 0.294 e. The van der Waals surface area contributed by atoms with Crippen molar-refractivity contribution in [2.75, 3.05) is 6.54 Å². The van der Waals surface area contributed by atoms with Gasteiger partial charge in [0.2, 0.25) is 0 Å². The second kappa shape index (κ2) is 6.36. The molecule has 0 radical (unpaired) electrons. The third-order valence-electron chi connectivity index (χ3n) is 4.15. The van der Waals surface area contributed by atoms with Crippen LogP contribution < -0.4 is 0 Å². The van der Waals surface area contributed by atoms with Crippen LogP contribution in [-0.2, 0) is 25.4 Å². The van der Waals surface area contributed by atoms with Crippen LogP contribution in [0.15, 0.2) is 30.3 Å². The van der Waals surface area contributed by atoms with E-state index in [1.807, 2.05) is 0 Å². The summed E-state index contributed by atoms with van der Waals surface area (Å²) in [5.74, 6) is 0.891. The standard InChI is InChI=1S/C17H15Cl2N3S/c18-8-14-20-16(19)15-12-6-7-22(9-11-4-2-1-3-5-11)10-13(12)23-17(15)21-14/h1-5H,6-10H2. The minimum Gasteiger partial charge on any atom is -0.294 e. The van der Waals surface area contributed by atoms with Crippen LogP contribution in [0.5, 0.6) is 0 Å². The number of hydrogen-bond acceptors (Lipinski definition) is 4. The summed E-state index contributed by atoms with van der Waals surface area (Å²) >= 11 is 13.9. The van der Waals surface area contributed by atoms with Crippen LogP contribution in [0, 0.1) is 0 Å². The minimum atomic E-state index is 0.290. The van der Waals surface area contributed by atoms with E-state index in [1.165, 1.54) is 16.0 Å². The van der Waals surface area contributed by atoms with Crippen molar-refractivity contribution in [1.82, 2.24) is 14.9 Å². The number of alkyl halides is 1. The maximum Gasteiger partial charge on any atom is 0.146 e. The number of hydrogen-bond donors (Lipinski definition) is 0. The summed E-state index contributed by atoms with van der Waals surface area (Å²) in [4.78, 5) is 13.6. The van der Waals surface area contributed by atoms with Gasteiger partial charge < -0.3 is 0 Å². The van der Waals surface area contributed by atoms with Crippen molar-refractivity contribution < 1.29 is 0 Å². The summed E-state index contributed by atoms with van der Waals surface area (Å²) in [5.41, 5.74) is 2.67. The molecule has 0 fully saturated rings. The molecule has 118 valence electrons. The van der Waals surface area contributed by atoms with Gasteiger partial charge in [0.15, 0.2) is 0 Å². The van der Waals surface area contributed by atoms with Crippen molar-refractivity contribution in [3.63, 3.8) is 0 Å². The molecule has 0 saturated heterocycles. The SMILES string of the molecule is ClCc1nc(Cl)c2c3c(sc2n1)CN(Cc1ccccc1)CC3. The van der Waals surface area contributed by atoms with Gasteiger partial charge in [-0.2, -0.15) is 0 Å². The lowest BCUT2D eigenvalue weighted by molar-refractivity contribution is 0.249. The smallest absolute Gasteiger partial charge is 0.146 e. The number of halogens is 2. The molecule has 0 aliphatic carbocycles.